The molecule has 1 aromatic heterocycles. The average Bonchev–Trinajstić information content (AvgIpc) is 2.52. The van der Waals surface area contributed by atoms with Crippen molar-refractivity contribution in [3.63, 3.8) is 0 Å². The van der Waals surface area contributed by atoms with Gasteiger partial charge in [-0.15, -0.1) is 13.2 Å². The number of ether oxygens (including phenoxy) is 2. The van der Waals surface area contributed by atoms with Crippen LogP contribution in [0.25, 0.3) is 0 Å². The van der Waals surface area contributed by atoms with Gasteiger partial charge in [-0.1, -0.05) is 12.1 Å². The van der Waals surface area contributed by atoms with Crippen LogP contribution in [-0.4, -0.2) is 29.3 Å². The van der Waals surface area contributed by atoms with Crippen LogP contribution in [0.4, 0.5) is 13.2 Å². The van der Waals surface area contributed by atoms with E-state index in [1.54, 1.807) is 0 Å². The second kappa shape index (κ2) is 6.95. The molecule has 0 atom stereocenters. The van der Waals surface area contributed by atoms with Gasteiger partial charge in [0, 0.05) is 12.6 Å². The number of halogens is 3. The molecule has 1 N–H and O–H groups in total. The quantitative estimate of drug-likeness (QED) is 0.912. The van der Waals surface area contributed by atoms with Gasteiger partial charge >= 0.3 is 6.36 Å². The van der Waals surface area contributed by atoms with Crippen molar-refractivity contribution in [1.82, 2.24) is 15.3 Å². The standard InChI is InChI=1S/C14H12F3N3O3/c1-22-12-6-11(19-8-20-12)13(21)18-7-9-2-4-10(5-3-9)23-14(15,16)17/h2-6,8H,7H2,1H3,(H,18,21). The molecule has 122 valence electrons. The van der Waals surface area contributed by atoms with Crippen molar-refractivity contribution in [3.8, 4) is 11.6 Å². The van der Waals surface area contributed by atoms with Gasteiger partial charge in [-0.3, -0.25) is 4.79 Å². The van der Waals surface area contributed by atoms with E-state index in [2.05, 4.69) is 20.0 Å². The first-order valence-corrected chi connectivity index (χ1v) is 6.36. The van der Waals surface area contributed by atoms with Crippen LogP contribution in [0.1, 0.15) is 16.1 Å². The average molecular weight is 327 g/mol. The molecule has 0 bridgehead atoms. The molecule has 23 heavy (non-hydrogen) atoms. The summed E-state index contributed by atoms with van der Waals surface area (Å²) in [5.74, 6) is -0.534. The Morgan fingerprint density at radius 2 is 1.91 bits per heavy atom. The van der Waals surface area contributed by atoms with Crippen molar-refractivity contribution in [2.45, 2.75) is 12.9 Å². The van der Waals surface area contributed by atoms with Gasteiger partial charge < -0.3 is 14.8 Å². The normalized spacial score (nSPS) is 11.0. The number of benzene rings is 1. The maximum absolute atomic E-state index is 12.0. The van der Waals surface area contributed by atoms with Gasteiger partial charge in [0.1, 0.15) is 17.8 Å². The van der Waals surface area contributed by atoms with Crippen molar-refractivity contribution < 1.29 is 27.4 Å². The molecule has 0 aliphatic carbocycles. The van der Waals surface area contributed by atoms with Gasteiger partial charge in [0.05, 0.1) is 7.11 Å². The zero-order chi connectivity index (χ0) is 16.9. The highest BCUT2D eigenvalue weighted by molar-refractivity contribution is 5.92. The molecule has 0 unspecified atom stereocenters. The number of aromatic nitrogens is 2. The molecule has 0 radical (unpaired) electrons. The van der Waals surface area contributed by atoms with Crippen molar-refractivity contribution >= 4 is 5.91 Å². The molecule has 0 aliphatic rings. The van der Waals surface area contributed by atoms with Gasteiger partial charge in [0.2, 0.25) is 5.88 Å². The Morgan fingerprint density at radius 1 is 1.22 bits per heavy atom. The number of nitrogens with zero attached hydrogens (tertiary/aromatic N) is 2. The fourth-order valence-electron chi connectivity index (χ4n) is 1.66. The minimum absolute atomic E-state index is 0.119. The molecule has 2 rings (SSSR count). The molecule has 2 aromatic rings. The zero-order valence-electron chi connectivity index (χ0n) is 11.9. The molecule has 1 amide bonds. The van der Waals surface area contributed by atoms with Crippen LogP contribution < -0.4 is 14.8 Å². The zero-order valence-corrected chi connectivity index (χ0v) is 11.9. The minimum atomic E-state index is -4.73. The summed E-state index contributed by atoms with van der Waals surface area (Å²) in [7, 11) is 1.41. The fourth-order valence-corrected chi connectivity index (χ4v) is 1.66. The summed E-state index contributed by atoms with van der Waals surface area (Å²) < 4.78 is 44.8. The molecule has 0 fully saturated rings. The SMILES string of the molecule is COc1cc(C(=O)NCc2ccc(OC(F)(F)F)cc2)ncn1. The van der Waals surface area contributed by atoms with Crippen LogP contribution in [0.15, 0.2) is 36.7 Å². The maximum Gasteiger partial charge on any atom is 0.573 e. The number of hydrogen-bond donors (Lipinski definition) is 1. The molecule has 9 heteroatoms. The number of methoxy groups -OCH3 is 1. The first kappa shape index (κ1) is 16.5. The highest BCUT2D eigenvalue weighted by Crippen LogP contribution is 2.22. The number of rotatable bonds is 5. The Morgan fingerprint density at radius 3 is 2.52 bits per heavy atom. The Bertz CT molecular complexity index is 675. The van der Waals surface area contributed by atoms with Crippen molar-refractivity contribution in [2.75, 3.05) is 7.11 Å². The minimum Gasteiger partial charge on any atom is -0.481 e. The monoisotopic (exact) mass is 327 g/mol. The van der Waals surface area contributed by atoms with E-state index in [0.29, 0.717) is 5.56 Å². The Balaban J connectivity index is 1.93. The van der Waals surface area contributed by atoms with E-state index in [4.69, 9.17) is 4.74 Å². The third-order valence-corrected chi connectivity index (χ3v) is 2.69. The lowest BCUT2D eigenvalue weighted by Gasteiger charge is -2.09. The van der Waals surface area contributed by atoms with Gasteiger partial charge in [-0.05, 0) is 17.7 Å². The van der Waals surface area contributed by atoms with Crippen LogP contribution in [-0.2, 0) is 6.54 Å². The molecule has 0 spiro atoms. The highest BCUT2D eigenvalue weighted by Gasteiger charge is 2.30. The second-order valence-electron chi connectivity index (χ2n) is 4.32. The number of nitrogens with one attached hydrogen (secondary N) is 1. The lowest BCUT2D eigenvalue weighted by molar-refractivity contribution is -0.274. The van der Waals surface area contributed by atoms with Crippen LogP contribution >= 0.6 is 0 Å². The number of carbonyl (C=O) groups is 1. The molecular weight excluding hydrogens is 315 g/mol. The van der Waals surface area contributed by atoms with Crippen molar-refractivity contribution in [1.29, 1.82) is 0 Å². The predicted molar refractivity (Wildman–Crippen MR) is 72.9 cm³/mol. The predicted octanol–water partition coefficient (Wildman–Crippen LogP) is 2.31. The molecule has 0 saturated heterocycles. The highest BCUT2D eigenvalue weighted by atomic mass is 19.4. The van der Waals surface area contributed by atoms with E-state index in [1.165, 1.54) is 43.8 Å². The van der Waals surface area contributed by atoms with E-state index in [-0.39, 0.29) is 23.9 Å². The molecule has 6 nitrogen and oxygen atoms in total. The van der Waals surface area contributed by atoms with E-state index < -0.39 is 12.3 Å². The van der Waals surface area contributed by atoms with Crippen LogP contribution in [0.3, 0.4) is 0 Å². The molecular formula is C14H12F3N3O3. The van der Waals surface area contributed by atoms with Crippen molar-refractivity contribution in [2.24, 2.45) is 0 Å². The van der Waals surface area contributed by atoms with Crippen molar-refractivity contribution in [3.05, 3.63) is 47.9 Å². The third kappa shape index (κ3) is 5.13. The Labute approximate surface area is 129 Å². The van der Waals surface area contributed by atoms with Crippen LogP contribution in [0.2, 0.25) is 0 Å². The fraction of sp³-hybridized carbons (Fsp3) is 0.214. The summed E-state index contributed by atoms with van der Waals surface area (Å²) in [6, 6.07) is 6.55. The first-order valence-electron chi connectivity index (χ1n) is 6.36. The largest absolute Gasteiger partial charge is 0.573 e. The van der Waals surface area contributed by atoms with E-state index >= 15 is 0 Å². The lowest BCUT2D eigenvalue weighted by atomic mass is 10.2. The van der Waals surface area contributed by atoms with E-state index in [9.17, 15) is 18.0 Å². The van der Waals surface area contributed by atoms with Gasteiger partial charge in [-0.25, -0.2) is 9.97 Å². The first-order chi connectivity index (χ1) is 10.9. The molecule has 0 aliphatic heterocycles. The maximum atomic E-state index is 12.0. The van der Waals surface area contributed by atoms with E-state index in [1.807, 2.05) is 0 Å². The summed E-state index contributed by atoms with van der Waals surface area (Å²) >= 11 is 0. The second-order valence-corrected chi connectivity index (χ2v) is 4.32. The Kier molecular flexibility index (Phi) is 4.99. The molecule has 1 heterocycles. The van der Waals surface area contributed by atoms with Gasteiger partial charge in [0.25, 0.3) is 5.91 Å². The summed E-state index contributed by atoms with van der Waals surface area (Å²) in [5.41, 5.74) is 0.725. The van der Waals surface area contributed by atoms with Gasteiger partial charge in [0.15, 0.2) is 0 Å². The summed E-state index contributed by atoms with van der Waals surface area (Å²) in [4.78, 5) is 19.5. The summed E-state index contributed by atoms with van der Waals surface area (Å²) in [6.07, 6.45) is -3.54. The molecule has 1 aromatic carbocycles. The van der Waals surface area contributed by atoms with Crippen LogP contribution in [0, 0.1) is 0 Å². The smallest absolute Gasteiger partial charge is 0.481 e. The van der Waals surface area contributed by atoms with Gasteiger partial charge in [-0.2, -0.15) is 0 Å². The number of hydrogen-bond acceptors (Lipinski definition) is 5. The third-order valence-electron chi connectivity index (χ3n) is 2.69. The van der Waals surface area contributed by atoms with Crippen LogP contribution in [0.5, 0.6) is 11.6 Å². The summed E-state index contributed by atoms with van der Waals surface area (Å²) in [5, 5.41) is 2.59. The Hall–Kier alpha value is -2.84. The topological polar surface area (TPSA) is 73.3 Å². The lowest BCUT2D eigenvalue weighted by Crippen LogP contribution is -2.24. The number of carbonyl (C=O) groups excluding carboxylic acids is 1. The summed E-state index contributed by atoms with van der Waals surface area (Å²) in [6.45, 7) is 0.122. The molecule has 0 saturated carbocycles. The van der Waals surface area contributed by atoms with E-state index in [0.717, 1.165) is 0 Å². The number of alkyl halides is 3. The number of amides is 1.